The summed E-state index contributed by atoms with van der Waals surface area (Å²) in [6.07, 6.45) is -0.487. The summed E-state index contributed by atoms with van der Waals surface area (Å²) in [6, 6.07) is 0. The summed E-state index contributed by atoms with van der Waals surface area (Å²) in [6.45, 7) is 6.04. The summed E-state index contributed by atoms with van der Waals surface area (Å²) >= 11 is 0. The molecule has 1 aromatic rings. The van der Waals surface area contributed by atoms with E-state index in [4.69, 9.17) is 47.7 Å². The van der Waals surface area contributed by atoms with Crippen LogP contribution in [0.2, 0.25) is 0 Å². The fourth-order valence-electron chi connectivity index (χ4n) is 2.92. The molecule has 0 amide bonds. The van der Waals surface area contributed by atoms with Crippen molar-refractivity contribution in [2.75, 3.05) is 126 Å². The van der Waals surface area contributed by atoms with Crippen LogP contribution in [0.4, 0.5) is 22.0 Å². The minimum Gasteiger partial charge on any atom is -0.420 e. The Morgan fingerprint density at radius 3 is 0.955 bits per heavy atom. The molecule has 17 heteroatoms. The van der Waals surface area contributed by atoms with Crippen LogP contribution >= 0.6 is 0 Å². The van der Waals surface area contributed by atoms with Crippen molar-refractivity contribution in [1.82, 2.24) is 0 Å². The van der Waals surface area contributed by atoms with Crippen molar-refractivity contribution in [1.29, 1.82) is 0 Å². The molecule has 0 bridgehead atoms. The van der Waals surface area contributed by atoms with Crippen LogP contribution in [0.25, 0.3) is 0 Å². The maximum Gasteiger partial charge on any atom is 0.313 e. The van der Waals surface area contributed by atoms with Crippen LogP contribution in [-0.2, 0) is 47.4 Å². The number of benzene rings is 1. The third kappa shape index (κ3) is 19.4. The lowest BCUT2D eigenvalue weighted by Gasteiger charge is -2.09. The molecule has 0 radical (unpaired) electrons. The molecule has 1 rings (SSSR count). The van der Waals surface area contributed by atoms with Crippen molar-refractivity contribution in [3.63, 3.8) is 0 Å². The fraction of sp³-hybridized carbons (Fsp3) is 0.741. The molecule has 0 saturated heterocycles. The van der Waals surface area contributed by atoms with E-state index in [1.165, 1.54) is 0 Å². The molecular formula is C27H41F5O12. The molecule has 0 spiro atoms. The van der Waals surface area contributed by atoms with E-state index in [0.29, 0.717) is 92.5 Å². The van der Waals surface area contributed by atoms with E-state index in [1.54, 1.807) is 0 Å². The lowest BCUT2D eigenvalue weighted by Crippen LogP contribution is -2.16. The van der Waals surface area contributed by atoms with Gasteiger partial charge >= 0.3 is 5.97 Å². The van der Waals surface area contributed by atoms with E-state index in [-0.39, 0.29) is 33.0 Å². The van der Waals surface area contributed by atoms with E-state index >= 15 is 0 Å². The molecule has 0 heterocycles. The van der Waals surface area contributed by atoms with Gasteiger partial charge in [0.25, 0.3) is 0 Å². The average Bonchev–Trinajstić information content (AvgIpc) is 3.02. The summed E-state index contributed by atoms with van der Waals surface area (Å²) in [5.74, 6) is -14.1. The third-order valence-corrected chi connectivity index (χ3v) is 5.05. The van der Waals surface area contributed by atoms with Gasteiger partial charge in [0.15, 0.2) is 0 Å². The molecule has 0 aliphatic carbocycles. The lowest BCUT2D eigenvalue weighted by atomic mass is 10.2. The highest BCUT2D eigenvalue weighted by Crippen LogP contribution is 2.29. The molecule has 44 heavy (non-hydrogen) atoms. The van der Waals surface area contributed by atoms with Crippen molar-refractivity contribution in [2.24, 2.45) is 0 Å². The fourth-order valence-corrected chi connectivity index (χ4v) is 2.92. The molecule has 0 saturated carbocycles. The highest BCUT2D eigenvalue weighted by atomic mass is 19.2. The first-order valence-corrected chi connectivity index (χ1v) is 13.9. The summed E-state index contributed by atoms with van der Waals surface area (Å²) < 4.78 is 118. The van der Waals surface area contributed by atoms with E-state index in [9.17, 15) is 26.7 Å². The quantitative estimate of drug-likeness (QED) is 0.0325. The maximum absolute atomic E-state index is 13.5. The SMILES string of the molecule is O=C(CCOCCOCCOCCOCCOCCOCCOCCOCCOCCO)Oc1c(F)c(F)c(F)c(F)c1F. The number of carbonyl (C=O) groups is 1. The standard InChI is InChI=1S/C27H41F5O12/c28-22-23(29)25(31)27(26(32)24(22)30)44-21(34)1-3-35-5-7-37-9-11-39-13-15-41-17-19-43-20-18-42-16-14-40-12-10-38-8-6-36-4-2-33/h33H,1-20H2. The Morgan fingerprint density at radius 1 is 0.409 bits per heavy atom. The number of aliphatic hydroxyl groups excluding tert-OH is 1. The lowest BCUT2D eigenvalue weighted by molar-refractivity contribution is -0.136. The average molecular weight is 653 g/mol. The van der Waals surface area contributed by atoms with Gasteiger partial charge in [-0.2, -0.15) is 8.78 Å². The number of rotatable bonds is 30. The number of carbonyl (C=O) groups excluding carboxylic acids is 1. The predicted molar refractivity (Wildman–Crippen MR) is 141 cm³/mol. The van der Waals surface area contributed by atoms with Crippen molar-refractivity contribution < 1.29 is 79.2 Å². The van der Waals surface area contributed by atoms with E-state index in [2.05, 4.69) is 4.74 Å². The number of hydrogen-bond donors (Lipinski definition) is 1. The van der Waals surface area contributed by atoms with Gasteiger partial charge in [-0.1, -0.05) is 0 Å². The first-order valence-electron chi connectivity index (χ1n) is 13.9. The second kappa shape index (κ2) is 27.3. The topological polar surface area (TPSA) is 130 Å². The van der Waals surface area contributed by atoms with Gasteiger partial charge in [0.05, 0.1) is 132 Å². The zero-order valence-corrected chi connectivity index (χ0v) is 24.5. The molecule has 0 aliphatic heterocycles. The molecule has 0 aromatic heterocycles. The van der Waals surface area contributed by atoms with E-state index in [1.807, 2.05) is 0 Å². The van der Waals surface area contributed by atoms with Gasteiger partial charge in [-0.15, -0.1) is 0 Å². The second-order valence-electron chi connectivity index (χ2n) is 8.36. The highest BCUT2D eigenvalue weighted by molar-refractivity contribution is 5.72. The van der Waals surface area contributed by atoms with Gasteiger partial charge in [-0.05, 0) is 0 Å². The molecule has 256 valence electrons. The van der Waals surface area contributed by atoms with Crippen LogP contribution in [0.1, 0.15) is 6.42 Å². The predicted octanol–water partition coefficient (Wildman–Crippen LogP) is 1.82. The Morgan fingerprint density at radius 2 is 0.659 bits per heavy atom. The largest absolute Gasteiger partial charge is 0.420 e. The molecule has 0 unspecified atom stereocenters. The van der Waals surface area contributed by atoms with Gasteiger partial charge in [0, 0.05) is 0 Å². The molecule has 0 fully saturated rings. The molecule has 12 nitrogen and oxygen atoms in total. The first kappa shape index (κ1) is 40.0. The Labute approximate surface area is 252 Å². The van der Waals surface area contributed by atoms with Gasteiger partial charge in [0.1, 0.15) is 0 Å². The zero-order chi connectivity index (χ0) is 32.3. The maximum atomic E-state index is 13.5. The Bertz CT molecular complexity index is 855. The number of halogens is 5. The number of esters is 1. The van der Waals surface area contributed by atoms with Gasteiger partial charge < -0.3 is 52.5 Å². The van der Waals surface area contributed by atoms with Gasteiger partial charge in [-0.3, -0.25) is 4.79 Å². The summed E-state index contributed by atoms with van der Waals surface area (Å²) in [4.78, 5) is 11.6. The minimum absolute atomic E-state index is 0.00293. The highest BCUT2D eigenvalue weighted by Gasteiger charge is 2.28. The van der Waals surface area contributed by atoms with E-state index < -0.39 is 47.2 Å². The van der Waals surface area contributed by atoms with Crippen LogP contribution in [0.3, 0.4) is 0 Å². The second-order valence-corrected chi connectivity index (χ2v) is 8.36. The molecule has 0 aliphatic rings. The molecular weight excluding hydrogens is 611 g/mol. The third-order valence-electron chi connectivity index (χ3n) is 5.05. The van der Waals surface area contributed by atoms with Gasteiger partial charge in [0.2, 0.25) is 34.8 Å². The van der Waals surface area contributed by atoms with E-state index in [0.717, 1.165) is 0 Å². The summed E-state index contributed by atoms with van der Waals surface area (Å²) in [5, 5.41) is 8.55. The van der Waals surface area contributed by atoms with Crippen molar-refractivity contribution in [2.45, 2.75) is 6.42 Å². The summed E-state index contributed by atoms with van der Waals surface area (Å²) in [7, 11) is 0. The monoisotopic (exact) mass is 652 g/mol. The van der Waals surface area contributed by atoms with Crippen LogP contribution in [0.5, 0.6) is 5.75 Å². The number of hydrogen-bond acceptors (Lipinski definition) is 12. The zero-order valence-electron chi connectivity index (χ0n) is 24.5. The van der Waals surface area contributed by atoms with Crippen molar-refractivity contribution in [3.8, 4) is 5.75 Å². The minimum atomic E-state index is -2.35. The molecule has 0 atom stereocenters. The first-order chi connectivity index (χ1) is 21.4. The Balaban J connectivity index is 1.79. The van der Waals surface area contributed by atoms with Crippen LogP contribution < -0.4 is 4.74 Å². The molecule has 1 aromatic carbocycles. The summed E-state index contributed by atoms with van der Waals surface area (Å²) in [5.41, 5.74) is 0. The Kier molecular flexibility index (Phi) is 24.8. The normalized spacial score (nSPS) is 11.4. The number of aliphatic hydroxyl groups is 1. The molecule has 1 N–H and O–H groups in total. The van der Waals surface area contributed by atoms with Crippen molar-refractivity contribution in [3.05, 3.63) is 29.1 Å². The number of ether oxygens (including phenoxy) is 10. The van der Waals surface area contributed by atoms with Crippen LogP contribution in [-0.4, -0.2) is 137 Å². The van der Waals surface area contributed by atoms with Crippen molar-refractivity contribution >= 4 is 5.97 Å². The van der Waals surface area contributed by atoms with Crippen LogP contribution in [0, 0.1) is 29.1 Å². The van der Waals surface area contributed by atoms with Gasteiger partial charge in [-0.25, -0.2) is 13.2 Å². The smallest absolute Gasteiger partial charge is 0.313 e. The van der Waals surface area contributed by atoms with Crippen LogP contribution in [0.15, 0.2) is 0 Å². The Hall–Kier alpha value is -2.06.